The summed E-state index contributed by atoms with van der Waals surface area (Å²) in [6, 6.07) is 20.8. The van der Waals surface area contributed by atoms with Crippen LogP contribution in [-0.4, -0.2) is 33.2 Å². The third-order valence-corrected chi connectivity index (χ3v) is 6.94. The van der Waals surface area contributed by atoms with Crippen LogP contribution in [0.1, 0.15) is 30.5 Å². The number of carbonyl (C=O) groups excluding carboxylic acids is 1. The molecule has 0 radical (unpaired) electrons. The number of nitrogens with one attached hydrogen (secondary N) is 1. The number of hydrazone groups is 1. The molecule has 1 amide bonds. The van der Waals surface area contributed by atoms with Crippen LogP contribution in [0.15, 0.2) is 82.8 Å². The summed E-state index contributed by atoms with van der Waals surface area (Å²) < 4.78 is 33.5. The molecule has 7 nitrogen and oxygen atoms in total. The van der Waals surface area contributed by atoms with Gasteiger partial charge in [0.2, 0.25) is 0 Å². The number of anilines is 1. The number of amides is 1. The molecule has 34 heavy (non-hydrogen) atoms. The van der Waals surface area contributed by atoms with E-state index in [2.05, 4.69) is 10.5 Å². The summed E-state index contributed by atoms with van der Waals surface area (Å²) in [5.74, 6) is 0.0172. The van der Waals surface area contributed by atoms with E-state index in [0.29, 0.717) is 23.8 Å². The Hall–Kier alpha value is -3.65. The Bertz CT molecular complexity index is 1250. The average molecular weight is 480 g/mol. The van der Waals surface area contributed by atoms with Crippen molar-refractivity contribution in [2.75, 3.05) is 17.5 Å². The molecule has 0 aliphatic carbocycles. The number of sulfonamides is 1. The van der Waals surface area contributed by atoms with Gasteiger partial charge in [-0.2, -0.15) is 5.10 Å². The van der Waals surface area contributed by atoms with Crippen LogP contribution in [0.2, 0.25) is 0 Å². The van der Waals surface area contributed by atoms with Crippen molar-refractivity contribution < 1.29 is 17.9 Å². The molecule has 8 heteroatoms. The second-order valence-corrected chi connectivity index (χ2v) is 9.71. The van der Waals surface area contributed by atoms with Crippen LogP contribution in [0.4, 0.5) is 5.69 Å². The SMILES string of the molecule is CCOc1ccc(S(=O)(=O)N(CC(=O)N/N=C(/C)c2ccc(C)cc2)c2ccc(C)cc2)cc1. The molecule has 0 heterocycles. The van der Waals surface area contributed by atoms with Crippen LogP contribution in [0, 0.1) is 13.8 Å². The van der Waals surface area contributed by atoms with Crippen LogP contribution in [0.3, 0.4) is 0 Å². The third-order valence-electron chi connectivity index (χ3n) is 5.15. The zero-order valence-electron chi connectivity index (χ0n) is 19.8. The predicted octanol–water partition coefficient (Wildman–Crippen LogP) is 4.44. The summed E-state index contributed by atoms with van der Waals surface area (Å²) in [4.78, 5) is 12.8. The molecule has 0 spiro atoms. The highest BCUT2D eigenvalue weighted by molar-refractivity contribution is 7.92. The van der Waals surface area contributed by atoms with Gasteiger partial charge in [0, 0.05) is 0 Å². The third kappa shape index (κ3) is 6.23. The lowest BCUT2D eigenvalue weighted by atomic mass is 10.1. The van der Waals surface area contributed by atoms with E-state index in [1.54, 1.807) is 43.3 Å². The molecule has 0 fully saturated rings. The van der Waals surface area contributed by atoms with Crippen LogP contribution < -0.4 is 14.5 Å². The predicted molar refractivity (Wildman–Crippen MR) is 135 cm³/mol. The summed E-state index contributed by atoms with van der Waals surface area (Å²) in [6.07, 6.45) is 0. The van der Waals surface area contributed by atoms with Crippen molar-refractivity contribution in [2.45, 2.75) is 32.6 Å². The maximum atomic E-state index is 13.5. The average Bonchev–Trinajstić information content (AvgIpc) is 2.82. The van der Waals surface area contributed by atoms with Gasteiger partial charge in [-0.1, -0.05) is 47.5 Å². The Morgan fingerprint density at radius 3 is 2.03 bits per heavy atom. The minimum atomic E-state index is -4.02. The Kier molecular flexibility index (Phi) is 8.07. The lowest BCUT2D eigenvalue weighted by molar-refractivity contribution is -0.119. The zero-order valence-corrected chi connectivity index (χ0v) is 20.6. The molecule has 0 saturated carbocycles. The monoisotopic (exact) mass is 479 g/mol. The normalized spacial score (nSPS) is 11.7. The molecule has 3 aromatic rings. The Labute approximate surface area is 201 Å². The van der Waals surface area contributed by atoms with E-state index in [1.807, 2.05) is 45.0 Å². The lowest BCUT2D eigenvalue weighted by Gasteiger charge is -2.24. The van der Waals surface area contributed by atoms with Crippen molar-refractivity contribution >= 4 is 27.3 Å². The molecule has 0 bridgehead atoms. The minimum absolute atomic E-state index is 0.0589. The van der Waals surface area contributed by atoms with E-state index in [-0.39, 0.29) is 4.90 Å². The van der Waals surface area contributed by atoms with Crippen LogP contribution in [0.25, 0.3) is 0 Å². The molecule has 0 aliphatic heterocycles. The smallest absolute Gasteiger partial charge is 0.264 e. The topological polar surface area (TPSA) is 88.1 Å². The highest BCUT2D eigenvalue weighted by Crippen LogP contribution is 2.25. The minimum Gasteiger partial charge on any atom is -0.494 e. The lowest BCUT2D eigenvalue weighted by Crippen LogP contribution is -2.39. The maximum absolute atomic E-state index is 13.5. The maximum Gasteiger partial charge on any atom is 0.264 e. The van der Waals surface area contributed by atoms with E-state index >= 15 is 0 Å². The van der Waals surface area contributed by atoms with Gasteiger partial charge in [-0.3, -0.25) is 9.10 Å². The zero-order chi connectivity index (χ0) is 24.7. The highest BCUT2D eigenvalue weighted by atomic mass is 32.2. The van der Waals surface area contributed by atoms with E-state index in [0.717, 1.165) is 21.0 Å². The summed E-state index contributed by atoms with van der Waals surface area (Å²) >= 11 is 0. The molecule has 1 N–H and O–H groups in total. The van der Waals surface area contributed by atoms with Gasteiger partial charge in [-0.15, -0.1) is 0 Å². The van der Waals surface area contributed by atoms with Crippen molar-refractivity contribution in [1.29, 1.82) is 0 Å². The second-order valence-electron chi connectivity index (χ2n) is 7.85. The van der Waals surface area contributed by atoms with E-state index in [4.69, 9.17) is 4.74 Å². The first kappa shape index (κ1) is 25.0. The van der Waals surface area contributed by atoms with Gasteiger partial charge >= 0.3 is 0 Å². The number of nitrogens with zero attached hydrogens (tertiary/aromatic N) is 2. The van der Waals surface area contributed by atoms with Crippen molar-refractivity contribution in [1.82, 2.24) is 5.43 Å². The fraction of sp³-hybridized carbons (Fsp3) is 0.231. The van der Waals surface area contributed by atoms with E-state index in [1.165, 1.54) is 12.1 Å². The van der Waals surface area contributed by atoms with E-state index < -0.39 is 22.5 Å². The molecule has 0 aromatic heterocycles. The number of carbonyl (C=O) groups is 1. The summed E-state index contributed by atoms with van der Waals surface area (Å²) in [5.41, 5.74) is 6.44. The van der Waals surface area contributed by atoms with Crippen molar-refractivity contribution in [3.8, 4) is 5.75 Å². The Balaban J connectivity index is 1.85. The summed E-state index contributed by atoms with van der Waals surface area (Å²) in [5, 5.41) is 4.15. The fourth-order valence-electron chi connectivity index (χ4n) is 3.20. The van der Waals surface area contributed by atoms with Gasteiger partial charge in [0.25, 0.3) is 15.9 Å². The summed E-state index contributed by atoms with van der Waals surface area (Å²) in [7, 11) is -4.02. The van der Waals surface area contributed by atoms with Crippen LogP contribution in [0.5, 0.6) is 5.75 Å². The van der Waals surface area contributed by atoms with Gasteiger partial charge in [-0.05, 0) is 69.7 Å². The molecule has 0 atom stereocenters. The van der Waals surface area contributed by atoms with Gasteiger partial charge in [0.05, 0.1) is 22.9 Å². The van der Waals surface area contributed by atoms with Crippen molar-refractivity contribution in [2.24, 2.45) is 5.10 Å². The second kappa shape index (κ2) is 11.0. The standard InChI is InChI=1S/C26H29N3O4S/c1-5-33-24-14-16-25(17-15-24)34(31,32)29(23-12-8-20(3)9-13-23)18-26(30)28-27-21(4)22-10-6-19(2)7-11-22/h6-17H,5,18H2,1-4H3,(H,28,30)/b27-21-. The first-order chi connectivity index (χ1) is 16.2. The number of rotatable bonds is 9. The number of hydrogen-bond acceptors (Lipinski definition) is 5. The number of aryl methyl sites for hydroxylation is 2. The van der Waals surface area contributed by atoms with Gasteiger partial charge in [0.1, 0.15) is 12.3 Å². The Morgan fingerprint density at radius 2 is 1.47 bits per heavy atom. The Morgan fingerprint density at radius 1 is 0.912 bits per heavy atom. The van der Waals surface area contributed by atoms with Crippen molar-refractivity contribution in [3.63, 3.8) is 0 Å². The fourth-order valence-corrected chi connectivity index (χ4v) is 4.62. The molecule has 0 saturated heterocycles. The molecule has 178 valence electrons. The van der Waals surface area contributed by atoms with E-state index in [9.17, 15) is 13.2 Å². The molecule has 0 unspecified atom stereocenters. The quantitative estimate of drug-likeness (QED) is 0.363. The largest absolute Gasteiger partial charge is 0.494 e. The number of hydrogen-bond donors (Lipinski definition) is 1. The van der Waals surface area contributed by atoms with Gasteiger partial charge in [-0.25, -0.2) is 13.8 Å². The van der Waals surface area contributed by atoms with Crippen LogP contribution in [-0.2, 0) is 14.8 Å². The first-order valence-electron chi connectivity index (χ1n) is 10.9. The van der Waals surface area contributed by atoms with Gasteiger partial charge < -0.3 is 4.74 Å². The molecule has 3 aromatic carbocycles. The number of ether oxygens (including phenoxy) is 1. The first-order valence-corrected chi connectivity index (χ1v) is 12.4. The summed E-state index contributed by atoms with van der Waals surface area (Å²) in [6.45, 7) is 7.57. The molecular formula is C26H29N3O4S. The number of benzene rings is 3. The van der Waals surface area contributed by atoms with Crippen LogP contribution >= 0.6 is 0 Å². The highest BCUT2D eigenvalue weighted by Gasteiger charge is 2.27. The van der Waals surface area contributed by atoms with Crippen molar-refractivity contribution in [3.05, 3.63) is 89.5 Å². The molecular weight excluding hydrogens is 450 g/mol. The van der Waals surface area contributed by atoms with Gasteiger partial charge in [0.15, 0.2) is 0 Å². The molecule has 3 rings (SSSR count). The molecule has 0 aliphatic rings.